The van der Waals surface area contributed by atoms with E-state index in [4.69, 9.17) is 5.14 Å². The number of hydrogen-bond acceptors (Lipinski definition) is 4. The highest BCUT2D eigenvalue weighted by Crippen LogP contribution is 2.14. The molecule has 0 aliphatic carbocycles. The topological polar surface area (TPSA) is 101 Å². The van der Waals surface area contributed by atoms with Crippen molar-refractivity contribution >= 4 is 15.9 Å². The highest BCUT2D eigenvalue weighted by molar-refractivity contribution is 7.89. The number of nitrogens with one attached hydrogen (secondary N) is 2. The largest absolute Gasteiger partial charge is 0.352 e. The van der Waals surface area contributed by atoms with Crippen LogP contribution in [0.2, 0.25) is 0 Å². The number of sulfonamides is 1. The zero-order valence-corrected chi connectivity index (χ0v) is 12.7. The zero-order chi connectivity index (χ0) is 15.3. The molecular formula is C14H21N3O3S. The summed E-state index contributed by atoms with van der Waals surface area (Å²) in [6.45, 7) is 2.22. The van der Waals surface area contributed by atoms with Crippen molar-refractivity contribution in [2.45, 2.75) is 30.7 Å². The minimum Gasteiger partial charge on any atom is -0.352 e. The van der Waals surface area contributed by atoms with Crippen molar-refractivity contribution in [3.8, 4) is 0 Å². The molecule has 1 unspecified atom stereocenters. The Hall–Kier alpha value is -1.44. The van der Waals surface area contributed by atoms with Crippen molar-refractivity contribution in [2.24, 2.45) is 11.1 Å². The highest BCUT2D eigenvalue weighted by Gasteiger charge is 2.16. The van der Waals surface area contributed by atoms with Crippen LogP contribution in [0.5, 0.6) is 0 Å². The number of carbonyl (C=O) groups excluding carboxylic acids is 1. The fourth-order valence-corrected chi connectivity index (χ4v) is 3.05. The molecule has 6 nitrogen and oxygen atoms in total. The summed E-state index contributed by atoms with van der Waals surface area (Å²) in [7, 11) is -3.71. The molecule has 1 heterocycles. The molecule has 1 aromatic rings. The second-order valence-corrected chi connectivity index (χ2v) is 6.95. The van der Waals surface area contributed by atoms with Crippen LogP contribution in [-0.2, 0) is 21.4 Å². The Bertz CT molecular complexity index is 595. The van der Waals surface area contributed by atoms with Gasteiger partial charge in [0, 0.05) is 13.0 Å². The van der Waals surface area contributed by atoms with Gasteiger partial charge in [0.2, 0.25) is 15.9 Å². The van der Waals surface area contributed by atoms with E-state index < -0.39 is 10.0 Å². The van der Waals surface area contributed by atoms with Gasteiger partial charge in [0.1, 0.15) is 0 Å². The van der Waals surface area contributed by atoms with E-state index in [-0.39, 0.29) is 10.8 Å². The smallest absolute Gasteiger partial charge is 0.238 e. The first kappa shape index (κ1) is 15.9. The molecule has 4 N–H and O–H groups in total. The maximum absolute atomic E-state index is 11.9. The number of rotatable bonds is 5. The number of primary sulfonamides is 1. The van der Waals surface area contributed by atoms with E-state index in [1.54, 1.807) is 12.1 Å². The average Bonchev–Trinajstić information content (AvgIpc) is 2.46. The third-order valence-electron chi connectivity index (χ3n) is 3.59. The van der Waals surface area contributed by atoms with Crippen molar-refractivity contribution in [1.29, 1.82) is 0 Å². The van der Waals surface area contributed by atoms with E-state index in [1.165, 1.54) is 12.1 Å². The lowest BCUT2D eigenvalue weighted by atomic mass is 9.96. The number of hydrogen-bond donors (Lipinski definition) is 3. The summed E-state index contributed by atoms with van der Waals surface area (Å²) in [6, 6.07) is 6.30. The molecular weight excluding hydrogens is 290 g/mol. The van der Waals surface area contributed by atoms with Gasteiger partial charge in [-0.15, -0.1) is 0 Å². The SMILES string of the molecule is NS(=O)(=O)c1cccc(CNC(=O)CC2CCCNC2)c1. The van der Waals surface area contributed by atoms with Crippen molar-refractivity contribution < 1.29 is 13.2 Å². The Labute approximate surface area is 125 Å². The van der Waals surface area contributed by atoms with Crippen molar-refractivity contribution in [3.63, 3.8) is 0 Å². The molecule has 0 radical (unpaired) electrons. The summed E-state index contributed by atoms with van der Waals surface area (Å²) in [4.78, 5) is 11.9. The van der Waals surface area contributed by atoms with Crippen LogP contribution >= 0.6 is 0 Å². The van der Waals surface area contributed by atoms with Gasteiger partial charge in [0.25, 0.3) is 0 Å². The van der Waals surface area contributed by atoms with Crippen LogP contribution in [0.4, 0.5) is 0 Å². The Kier molecular flexibility index (Phi) is 5.33. The second kappa shape index (κ2) is 7.02. The van der Waals surface area contributed by atoms with Gasteiger partial charge in [0.05, 0.1) is 4.90 Å². The Morgan fingerprint density at radius 1 is 1.43 bits per heavy atom. The predicted molar refractivity (Wildman–Crippen MR) is 79.9 cm³/mol. The van der Waals surface area contributed by atoms with E-state index in [0.29, 0.717) is 18.9 Å². The lowest BCUT2D eigenvalue weighted by Gasteiger charge is -2.22. The molecule has 1 fully saturated rings. The zero-order valence-electron chi connectivity index (χ0n) is 11.8. The van der Waals surface area contributed by atoms with Gasteiger partial charge in [-0.2, -0.15) is 0 Å². The minimum atomic E-state index is -3.71. The van der Waals surface area contributed by atoms with Crippen molar-refractivity contribution in [3.05, 3.63) is 29.8 Å². The molecule has 21 heavy (non-hydrogen) atoms. The fraction of sp³-hybridized carbons (Fsp3) is 0.500. The molecule has 1 aromatic carbocycles. The van der Waals surface area contributed by atoms with Gasteiger partial charge >= 0.3 is 0 Å². The molecule has 116 valence electrons. The van der Waals surface area contributed by atoms with Crippen LogP contribution in [0.25, 0.3) is 0 Å². The quantitative estimate of drug-likeness (QED) is 0.730. The molecule has 0 aromatic heterocycles. The van der Waals surface area contributed by atoms with Crippen LogP contribution in [0, 0.1) is 5.92 Å². The van der Waals surface area contributed by atoms with Crippen molar-refractivity contribution in [2.75, 3.05) is 13.1 Å². The summed E-state index contributed by atoms with van der Waals surface area (Å²) in [5, 5.41) is 11.2. The van der Waals surface area contributed by atoms with E-state index in [2.05, 4.69) is 10.6 Å². The molecule has 0 bridgehead atoms. The number of benzene rings is 1. The molecule has 1 saturated heterocycles. The minimum absolute atomic E-state index is 0.00953. The third kappa shape index (κ3) is 5.11. The maximum Gasteiger partial charge on any atom is 0.238 e. The van der Waals surface area contributed by atoms with Gasteiger partial charge < -0.3 is 10.6 Å². The Morgan fingerprint density at radius 3 is 2.90 bits per heavy atom. The Morgan fingerprint density at radius 2 is 2.24 bits per heavy atom. The third-order valence-corrected chi connectivity index (χ3v) is 4.50. The summed E-state index contributed by atoms with van der Waals surface area (Å²) in [6.07, 6.45) is 2.68. The molecule has 0 saturated carbocycles. The van der Waals surface area contributed by atoms with Gasteiger partial charge in [0.15, 0.2) is 0 Å². The summed E-state index contributed by atoms with van der Waals surface area (Å²) in [5.41, 5.74) is 0.719. The molecule has 1 aliphatic rings. The van der Waals surface area contributed by atoms with Crippen LogP contribution in [0.15, 0.2) is 29.2 Å². The summed E-state index contributed by atoms with van der Waals surface area (Å²) in [5.74, 6) is 0.374. The average molecular weight is 311 g/mol. The molecule has 1 atom stereocenters. The summed E-state index contributed by atoms with van der Waals surface area (Å²) < 4.78 is 22.5. The van der Waals surface area contributed by atoms with Gasteiger partial charge in [-0.05, 0) is 49.5 Å². The maximum atomic E-state index is 11.9. The van der Waals surface area contributed by atoms with Gasteiger partial charge in [-0.1, -0.05) is 12.1 Å². The molecule has 0 spiro atoms. The normalized spacial score (nSPS) is 19.2. The Balaban J connectivity index is 1.86. The van der Waals surface area contributed by atoms with E-state index in [9.17, 15) is 13.2 Å². The predicted octanol–water partition coefficient (Wildman–Crippen LogP) is 0.340. The number of piperidine rings is 1. The molecule has 2 rings (SSSR count). The van der Waals surface area contributed by atoms with Crippen LogP contribution < -0.4 is 15.8 Å². The molecule has 7 heteroatoms. The first-order valence-corrected chi connectivity index (χ1v) is 8.59. The van der Waals surface area contributed by atoms with Gasteiger partial charge in [-0.3, -0.25) is 4.79 Å². The van der Waals surface area contributed by atoms with Crippen LogP contribution in [0.1, 0.15) is 24.8 Å². The first-order chi connectivity index (χ1) is 9.95. The lowest BCUT2D eigenvalue weighted by Crippen LogP contribution is -2.34. The highest BCUT2D eigenvalue weighted by atomic mass is 32.2. The van der Waals surface area contributed by atoms with E-state index in [1.807, 2.05) is 0 Å². The van der Waals surface area contributed by atoms with Crippen molar-refractivity contribution in [1.82, 2.24) is 10.6 Å². The van der Waals surface area contributed by atoms with Crippen LogP contribution in [-0.4, -0.2) is 27.4 Å². The number of carbonyl (C=O) groups is 1. The standard InChI is InChI=1S/C14H21N3O3S/c15-21(19,20)13-5-1-3-11(7-13)10-17-14(18)8-12-4-2-6-16-9-12/h1,3,5,7,12,16H,2,4,6,8-10H2,(H,17,18)(H2,15,19,20). The number of amides is 1. The number of nitrogens with two attached hydrogens (primary N) is 1. The van der Waals surface area contributed by atoms with Crippen LogP contribution in [0.3, 0.4) is 0 Å². The van der Waals surface area contributed by atoms with Gasteiger partial charge in [-0.25, -0.2) is 13.6 Å². The lowest BCUT2D eigenvalue weighted by molar-refractivity contribution is -0.122. The molecule has 1 amide bonds. The van der Waals surface area contributed by atoms with E-state index >= 15 is 0 Å². The fourth-order valence-electron chi connectivity index (χ4n) is 2.47. The second-order valence-electron chi connectivity index (χ2n) is 5.39. The van der Waals surface area contributed by atoms with E-state index in [0.717, 1.165) is 31.5 Å². The molecule has 1 aliphatic heterocycles. The summed E-state index contributed by atoms with van der Waals surface area (Å²) >= 11 is 0. The first-order valence-electron chi connectivity index (χ1n) is 7.04. The monoisotopic (exact) mass is 311 g/mol.